The Morgan fingerprint density at radius 3 is 2.88 bits per heavy atom. The van der Waals surface area contributed by atoms with Gasteiger partial charge < -0.3 is 11.1 Å². The van der Waals surface area contributed by atoms with Crippen LogP contribution in [0.4, 0.5) is 10.2 Å². The first-order valence-electron chi connectivity index (χ1n) is 8.57. The van der Waals surface area contributed by atoms with Crippen LogP contribution in [0.1, 0.15) is 28.8 Å². The van der Waals surface area contributed by atoms with Crippen LogP contribution in [0.15, 0.2) is 42.6 Å². The van der Waals surface area contributed by atoms with Crippen LogP contribution in [0, 0.1) is 11.7 Å². The van der Waals surface area contributed by atoms with Crippen molar-refractivity contribution >= 4 is 11.7 Å². The van der Waals surface area contributed by atoms with Crippen molar-refractivity contribution < 1.29 is 9.18 Å². The average molecular weight is 342 g/mol. The quantitative estimate of drug-likeness (QED) is 0.875. The molecular formula is C19H23FN4O. The topological polar surface area (TPSA) is 71.2 Å². The lowest BCUT2D eigenvalue weighted by atomic mass is 9.97. The molecule has 2 heterocycles. The summed E-state index contributed by atoms with van der Waals surface area (Å²) in [5.74, 6) is 0.480. The van der Waals surface area contributed by atoms with E-state index in [0.717, 1.165) is 38.0 Å². The molecule has 132 valence electrons. The monoisotopic (exact) mass is 342 g/mol. The smallest absolute Gasteiger partial charge is 0.251 e. The lowest BCUT2D eigenvalue weighted by Crippen LogP contribution is -2.40. The minimum atomic E-state index is -0.339. The predicted molar refractivity (Wildman–Crippen MR) is 95.4 cm³/mol. The SMILES string of the molecule is Nc1ncccc1CN1CCC[C@@H](CNC(=O)c2ccc(F)cc2)C1. The fourth-order valence-electron chi connectivity index (χ4n) is 3.23. The Hall–Kier alpha value is -2.47. The van der Waals surface area contributed by atoms with Crippen molar-refractivity contribution in [1.29, 1.82) is 0 Å². The number of likely N-dealkylation sites (tertiary alicyclic amines) is 1. The molecular weight excluding hydrogens is 319 g/mol. The third-order valence-electron chi connectivity index (χ3n) is 4.58. The Bertz CT molecular complexity index is 720. The highest BCUT2D eigenvalue weighted by Gasteiger charge is 2.21. The fraction of sp³-hybridized carbons (Fsp3) is 0.368. The number of nitrogens with one attached hydrogen (secondary N) is 1. The summed E-state index contributed by atoms with van der Waals surface area (Å²) in [4.78, 5) is 18.6. The van der Waals surface area contributed by atoms with E-state index in [-0.39, 0.29) is 11.7 Å². The largest absolute Gasteiger partial charge is 0.383 e. The second-order valence-electron chi connectivity index (χ2n) is 6.51. The summed E-state index contributed by atoms with van der Waals surface area (Å²) in [5.41, 5.74) is 7.45. The van der Waals surface area contributed by atoms with Gasteiger partial charge in [0.25, 0.3) is 5.91 Å². The van der Waals surface area contributed by atoms with Crippen LogP contribution in [0.25, 0.3) is 0 Å². The van der Waals surface area contributed by atoms with Gasteiger partial charge in [-0.2, -0.15) is 0 Å². The lowest BCUT2D eigenvalue weighted by molar-refractivity contribution is 0.0930. The van der Waals surface area contributed by atoms with Gasteiger partial charge in [-0.1, -0.05) is 6.07 Å². The van der Waals surface area contributed by atoms with Gasteiger partial charge in [0.2, 0.25) is 0 Å². The molecule has 6 heteroatoms. The van der Waals surface area contributed by atoms with Crippen molar-refractivity contribution in [3.05, 3.63) is 59.5 Å². The number of aromatic nitrogens is 1. The number of pyridine rings is 1. The Kier molecular flexibility index (Phi) is 5.60. The van der Waals surface area contributed by atoms with E-state index in [1.54, 1.807) is 6.20 Å². The molecule has 1 aromatic heterocycles. The number of nitrogens with zero attached hydrogens (tertiary/aromatic N) is 2. The van der Waals surface area contributed by atoms with Crippen LogP contribution in [-0.2, 0) is 6.54 Å². The summed E-state index contributed by atoms with van der Waals surface area (Å²) < 4.78 is 12.9. The highest BCUT2D eigenvalue weighted by Crippen LogP contribution is 2.19. The number of carbonyl (C=O) groups is 1. The Balaban J connectivity index is 1.51. The molecule has 1 amide bonds. The molecule has 3 rings (SSSR count). The molecule has 25 heavy (non-hydrogen) atoms. The van der Waals surface area contributed by atoms with Crippen LogP contribution in [0.3, 0.4) is 0 Å². The molecule has 1 aromatic carbocycles. The van der Waals surface area contributed by atoms with Crippen LogP contribution in [0.2, 0.25) is 0 Å². The lowest BCUT2D eigenvalue weighted by Gasteiger charge is -2.33. The van der Waals surface area contributed by atoms with E-state index >= 15 is 0 Å². The number of halogens is 1. The molecule has 0 bridgehead atoms. The van der Waals surface area contributed by atoms with E-state index < -0.39 is 0 Å². The van der Waals surface area contributed by atoms with E-state index in [4.69, 9.17) is 5.73 Å². The molecule has 1 saturated heterocycles. The zero-order valence-electron chi connectivity index (χ0n) is 14.1. The maximum absolute atomic E-state index is 12.9. The van der Waals surface area contributed by atoms with Crippen molar-refractivity contribution in [2.24, 2.45) is 5.92 Å². The molecule has 0 aliphatic carbocycles. The molecule has 3 N–H and O–H groups in total. The van der Waals surface area contributed by atoms with Crippen LogP contribution >= 0.6 is 0 Å². The molecule has 5 nitrogen and oxygen atoms in total. The van der Waals surface area contributed by atoms with Gasteiger partial charge in [0.1, 0.15) is 11.6 Å². The first kappa shape index (κ1) is 17.4. The van der Waals surface area contributed by atoms with E-state index in [2.05, 4.69) is 15.2 Å². The number of nitrogen functional groups attached to an aromatic ring is 1. The normalized spacial score (nSPS) is 18.0. The zero-order valence-corrected chi connectivity index (χ0v) is 14.1. The third kappa shape index (κ3) is 4.76. The second kappa shape index (κ2) is 8.07. The summed E-state index contributed by atoms with van der Waals surface area (Å²) in [6.07, 6.45) is 3.88. The number of amides is 1. The maximum Gasteiger partial charge on any atom is 0.251 e. The average Bonchev–Trinajstić information content (AvgIpc) is 2.63. The highest BCUT2D eigenvalue weighted by molar-refractivity contribution is 5.94. The Labute approximate surface area is 147 Å². The summed E-state index contributed by atoms with van der Waals surface area (Å²) in [7, 11) is 0. The summed E-state index contributed by atoms with van der Waals surface area (Å²) >= 11 is 0. The molecule has 1 atom stereocenters. The zero-order chi connectivity index (χ0) is 17.6. The van der Waals surface area contributed by atoms with Crippen LogP contribution in [0.5, 0.6) is 0 Å². The van der Waals surface area contributed by atoms with Gasteiger partial charge in [-0.15, -0.1) is 0 Å². The van der Waals surface area contributed by atoms with Crippen molar-refractivity contribution in [3.8, 4) is 0 Å². The second-order valence-corrected chi connectivity index (χ2v) is 6.51. The van der Waals surface area contributed by atoms with Crippen molar-refractivity contribution in [2.75, 3.05) is 25.4 Å². The Morgan fingerprint density at radius 1 is 1.32 bits per heavy atom. The van der Waals surface area contributed by atoms with Crippen molar-refractivity contribution in [3.63, 3.8) is 0 Å². The summed E-state index contributed by atoms with van der Waals surface area (Å²) in [6.45, 7) is 3.34. The molecule has 1 fully saturated rings. The maximum atomic E-state index is 12.9. The molecule has 1 aliphatic heterocycles. The number of carbonyl (C=O) groups excluding carboxylic acids is 1. The fourth-order valence-corrected chi connectivity index (χ4v) is 3.23. The number of hydrogen-bond acceptors (Lipinski definition) is 4. The number of piperidine rings is 1. The van der Waals surface area contributed by atoms with Crippen LogP contribution < -0.4 is 11.1 Å². The summed E-state index contributed by atoms with van der Waals surface area (Å²) in [6, 6.07) is 9.51. The number of nitrogens with two attached hydrogens (primary N) is 1. The predicted octanol–water partition coefficient (Wildman–Crippen LogP) is 2.44. The standard InChI is InChI=1S/C19H23FN4O/c20-17-7-5-15(6-8-17)19(25)23-11-14-3-2-10-24(12-14)13-16-4-1-9-22-18(16)21/h1,4-9,14H,2-3,10-13H2,(H2,21,22)(H,23,25)/t14-/m0/s1. The minimum absolute atomic E-state index is 0.159. The van der Waals surface area contributed by atoms with Crippen LogP contribution in [-0.4, -0.2) is 35.4 Å². The number of benzene rings is 1. The third-order valence-corrected chi connectivity index (χ3v) is 4.58. The van der Waals surface area contributed by atoms with E-state index in [1.807, 2.05) is 12.1 Å². The summed E-state index contributed by atoms with van der Waals surface area (Å²) in [5, 5.41) is 2.96. The minimum Gasteiger partial charge on any atom is -0.383 e. The van der Waals surface area contributed by atoms with Gasteiger partial charge in [-0.25, -0.2) is 9.37 Å². The van der Waals surface area contributed by atoms with Gasteiger partial charge >= 0.3 is 0 Å². The molecule has 0 radical (unpaired) electrons. The number of anilines is 1. The number of rotatable bonds is 5. The van der Waals surface area contributed by atoms with Gasteiger partial charge in [-0.05, 0) is 55.6 Å². The van der Waals surface area contributed by atoms with Gasteiger partial charge in [0, 0.05) is 37.0 Å². The molecule has 0 unspecified atom stereocenters. The van der Waals surface area contributed by atoms with Gasteiger partial charge in [0.15, 0.2) is 0 Å². The van der Waals surface area contributed by atoms with E-state index in [1.165, 1.54) is 24.3 Å². The highest BCUT2D eigenvalue weighted by atomic mass is 19.1. The first-order chi connectivity index (χ1) is 12.1. The molecule has 0 spiro atoms. The first-order valence-corrected chi connectivity index (χ1v) is 8.57. The molecule has 0 saturated carbocycles. The van der Waals surface area contributed by atoms with Crippen molar-refractivity contribution in [2.45, 2.75) is 19.4 Å². The Morgan fingerprint density at radius 2 is 2.12 bits per heavy atom. The van der Waals surface area contributed by atoms with Gasteiger partial charge in [-0.3, -0.25) is 9.69 Å². The van der Waals surface area contributed by atoms with Gasteiger partial charge in [0.05, 0.1) is 0 Å². The van der Waals surface area contributed by atoms with Crippen molar-refractivity contribution in [1.82, 2.24) is 15.2 Å². The van der Waals surface area contributed by atoms with E-state index in [9.17, 15) is 9.18 Å². The number of hydrogen-bond donors (Lipinski definition) is 2. The molecule has 2 aromatic rings. The molecule has 1 aliphatic rings. The van der Waals surface area contributed by atoms with E-state index in [0.29, 0.717) is 23.8 Å².